The van der Waals surface area contributed by atoms with Crippen molar-refractivity contribution < 1.29 is 26.7 Å². The summed E-state index contributed by atoms with van der Waals surface area (Å²) in [6.45, 7) is 6.06. The first-order valence-corrected chi connectivity index (χ1v) is 16.0. The van der Waals surface area contributed by atoms with Gasteiger partial charge in [0.05, 0.1) is 17.9 Å². The predicted molar refractivity (Wildman–Crippen MR) is 159 cm³/mol. The first kappa shape index (κ1) is 31.0. The van der Waals surface area contributed by atoms with E-state index in [9.17, 15) is 26.7 Å². The van der Waals surface area contributed by atoms with Gasteiger partial charge in [-0.3, -0.25) is 4.68 Å². The average Bonchev–Trinajstić information content (AvgIpc) is 3.28. The summed E-state index contributed by atoms with van der Waals surface area (Å²) in [4.78, 5) is 15.5. The van der Waals surface area contributed by atoms with E-state index in [4.69, 9.17) is 11.6 Å². The van der Waals surface area contributed by atoms with Crippen molar-refractivity contribution in [1.82, 2.24) is 24.7 Å². The number of sulfone groups is 1. The summed E-state index contributed by atoms with van der Waals surface area (Å²) in [6.07, 6.45) is -1.63. The number of hydrogen-bond acceptors (Lipinski definition) is 9. The zero-order valence-electron chi connectivity index (χ0n) is 23.8. The Kier molecular flexibility index (Phi) is 8.31. The number of halogens is 4. The van der Waals surface area contributed by atoms with E-state index in [2.05, 4.69) is 56.2 Å². The Morgan fingerprint density at radius 2 is 1.91 bits per heavy atom. The molecule has 3 aromatic heterocycles. The molecule has 0 aliphatic carbocycles. The summed E-state index contributed by atoms with van der Waals surface area (Å²) in [5.41, 5.74) is 2.31. The Labute approximate surface area is 251 Å². The Morgan fingerprint density at radius 1 is 1.16 bits per heavy atom. The van der Waals surface area contributed by atoms with E-state index >= 15 is 0 Å². The number of aliphatic hydroxyl groups excluding tert-OH is 1. The van der Waals surface area contributed by atoms with Crippen molar-refractivity contribution in [2.24, 2.45) is 5.92 Å². The Balaban J connectivity index is 1.41. The van der Waals surface area contributed by atoms with Crippen LogP contribution < -0.4 is 10.2 Å². The SMILES string of the molecule is CC(C)c1ccc(N2C[C@H](CS(C)(=O)=O)[C@H]2C)c2cnc(Nc3ccnc(-c4cn(CC(O)C(F)(F)F)nc4Cl)n3)cc12. The molecule has 1 aliphatic heterocycles. The molecule has 2 N–H and O–H groups in total. The standard InChI is InChI=1S/C28H31ClF3N7O3S/c1-15(2)18-5-6-22(39-11-17(16(39)3)14-43(4,41)42)20-10-34-25(9-19(18)20)35-24-7-8-33-27(36-24)21-12-38(37-26(21)29)13-23(40)28(30,31)32/h5-10,12,15-17,23,40H,11,13-14H2,1-4H3,(H,33,34,35,36)/t16-,17-,23?/m1/s1. The lowest BCUT2D eigenvalue weighted by molar-refractivity contribution is -0.208. The van der Waals surface area contributed by atoms with Gasteiger partial charge in [-0.1, -0.05) is 31.5 Å². The number of nitrogens with zero attached hydrogens (tertiary/aromatic N) is 6. The minimum Gasteiger partial charge on any atom is -0.382 e. The van der Waals surface area contributed by atoms with Gasteiger partial charge in [-0.05, 0) is 42.0 Å². The van der Waals surface area contributed by atoms with Crippen LogP contribution in [0.25, 0.3) is 22.2 Å². The van der Waals surface area contributed by atoms with Crippen LogP contribution in [0.5, 0.6) is 0 Å². The molecule has 10 nitrogen and oxygen atoms in total. The molecule has 4 aromatic rings. The van der Waals surface area contributed by atoms with Gasteiger partial charge in [-0.15, -0.1) is 0 Å². The van der Waals surface area contributed by atoms with Gasteiger partial charge in [0, 0.05) is 54.4 Å². The van der Waals surface area contributed by atoms with Gasteiger partial charge < -0.3 is 15.3 Å². The second-order valence-corrected chi connectivity index (χ2v) is 13.7. The van der Waals surface area contributed by atoms with Crippen molar-refractivity contribution in [2.45, 2.75) is 51.6 Å². The molecule has 0 amide bonds. The van der Waals surface area contributed by atoms with Crippen LogP contribution in [0.4, 0.5) is 30.5 Å². The molecule has 0 spiro atoms. The maximum Gasteiger partial charge on any atom is 0.416 e. The Hall–Kier alpha value is -3.49. The van der Waals surface area contributed by atoms with Gasteiger partial charge in [-0.2, -0.15) is 18.3 Å². The minimum absolute atomic E-state index is 0.0611. The molecular formula is C28H31ClF3N7O3S. The van der Waals surface area contributed by atoms with Gasteiger partial charge in [0.1, 0.15) is 21.5 Å². The fourth-order valence-electron chi connectivity index (χ4n) is 5.27. The van der Waals surface area contributed by atoms with Crippen LogP contribution in [0.1, 0.15) is 32.3 Å². The molecule has 5 rings (SSSR count). The molecule has 1 aliphatic rings. The zero-order valence-corrected chi connectivity index (χ0v) is 25.4. The number of hydrogen-bond donors (Lipinski definition) is 2. The Morgan fingerprint density at radius 3 is 2.56 bits per heavy atom. The fourth-order valence-corrected chi connectivity index (χ4v) is 6.66. The zero-order chi connectivity index (χ0) is 31.3. The Bertz CT molecular complexity index is 1760. The van der Waals surface area contributed by atoms with E-state index in [1.165, 1.54) is 18.6 Å². The van der Waals surface area contributed by atoms with E-state index in [1.807, 2.05) is 13.0 Å². The van der Waals surface area contributed by atoms with Crippen LogP contribution in [-0.2, 0) is 16.4 Å². The molecule has 1 unspecified atom stereocenters. The summed E-state index contributed by atoms with van der Waals surface area (Å²) >= 11 is 6.17. The van der Waals surface area contributed by atoms with E-state index in [1.54, 1.807) is 12.3 Å². The molecule has 15 heteroatoms. The summed E-state index contributed by atoms with van der Waals surface area (Å²) < 4.78 is 62.9. The highest BCUT2D eigenvalue weighted by Gasteiger charge is 2.39. The van der Waals surface area contributed by atoms with Crippen LogP contribution in [0, 0.1) is 5.92 Å². The maximum absolute atomic E-state index is 12.8. The highest BCUT2D eigenvalue weighted by atomic mass is 35.5. The topological polar surface area (TPSA) is 126 Å². The van der Waals surface area contributed by atoms with E-state index in [0.717, 1.165) is 26.7 Å². The molecule has 1 fully saturated rings. The number of benzene rings is 1. The number of nitrogens with one attached hydrogen (secondary N) is 1. The molecule has 0 saturated carbocycles. The van der Waals surface area contributed by atoms with Crippen molar-refractivity contribution in [3.8, 4) is 11.4 Å². The summed E-state index contributed by atoms with van der Waals surface area (Å²) in [7, 11) is -3.07. The third-order valence-corrected chi connectivity index (χ3v) is 8.88. The predicted octanol–water partition coefficient (Wildman–Crippen LogP) is 5.20. The van der Waals surface area contributed by atoms with Gasteiger partial charge in [0.2, 0.25) is 0 Å². The number of aromatic nitrogens is 5. The first-order valence-electron chi connectivity index (χ1n) is 13.6. The molecule has 0 radical (unpaired) electrons. The second-order valence-electron chi connectivity index (χ2n) is 11.2. The lowest BCUT2D eigenvalue weighted by Gasteiger charge is -2.48. The summed E-state index contributed by atoms with van der Waals surface area (Å²) in [5.74, 6) is 1.45. The largest absolute Gasteiger partial charge is 0.416 e. The molecule has 1 saturated heterocycles. The minimum atomic E-state index is -4.80. The second kappa shape index (κ2) is 11.5. The van der Waals surface area contributed by atoms with Crippen LogP contribution in [0.3, 0.4) is 0 Å². The van der Waals surface area contributed by atoms with E-state index in [-0.39, 0.29) is 40.2 Å². The number of rotatable bonds is 9. The average molecular weight is 638 g/mol. The number of aliphatic hydroxyl groups is 1. The molecule has 3 atom stereocenters. The van der Waals surface area contributed by atoms with Crippen molar-refractivity contribution >= 4 is 49.5 Å². The smallest absolute Gasteiger partial charge is 0.382 e. The molecule has 0 bridgehead atoms. The number of anilines is 3. The molecule has 230 valence electrons. The maximum atomic E-state index is 12.8. The fraction of sp³-hybridized carbons (Fsp3) is 0.429. The van der Waals surface area contributed by atoms with Crippen LogP contribution in [0.15, 0.2) is 42.9 Å². The molecule has 4 heterocycles. The third-order valence-electron chi connectivity index (χ3n) is 7.57. The van der Waals surface area contributed by atoms with E-state index < -0.39 is 28.7 Å². The normalized spacial score (nSPS) is 18.2. The number of pyridine rings is 1. The highest BCUT2D eigenvalue weighted by Crippen LogP contribution is 2.39. The summed E-state index contributed by atoms with van der Waals surface area (Å²) in [5, 5.41) is 18.2. The lowest BCUT2D eigenvalue weighted by Crippen LogP contribution is -2.57. The summed E-state index contributed by atoms with van der Waals surface area (Å²) in [6, 6.07) is 7.75. The number of fused-ring (bicyclic) bond motifs is 1. The van der Waals surface area contributed by atoms with Gasteiger partial charge in [0.15, 0.2) is 17.1 Å². The van der Waals surface area contributed by atoms with Crippen molar-refractivity contribution in [3.63, 3.8) is 0 Å². The molecule has 43 heavy (non-hydrogen) atoms. The van der Waals surface area contributed by atoms with Crippen LogP contribution in [0.2, 0.25) is 5.15 Å². The van der Waals surface area contributed by atoms with Crippen molar-refractivity contribution in [3.05, 3.63) is 53.6 Å². The van der Waals surface area contributed by atoms with Crippen molar-refractivity contribution in [1.29, 1.82) is 0 Å². The monoisotopic (exact) mass is 637 g/mol. The molecule has 1 aromatic carbocycles. The van der Waals surface area contributed by atoms with Gasteiger partial charge in [-0.25, -0.2) is 23.4 Å². The highest BCUT2D eigenvalue weighted by molar-refractivity contribution is 7.90. The van der Waals surface area contributed by atoms with Crippen molar-refractivity contribution in [2.75, 3.05) is 28.8 Å². The van der Waals surface area contributed by atoms with E-state index in [0.29, 0.717) is 18.2 Å². The quantitative estimate of drug-likeness (QED) is 0.255. The first-order chi connectivity index (χ1) is 20.1. The van der Waals surface area contributed by atoms with Gasteiger partial charge in [0.25, 0.3) is 0 Å². The van der Waals surface area contributed by atoms with Crippen LogP contribution >= 0.6 is 11.6 Å². The molecular weight excluding hydrogens is 607 g/mol. The van der Waals surface area contributed by atoms with Gasteiger partial charge >= 0.3 is 6.18 Å². The third kappa shape index (κ3) is 6.70. The lowest BCUT2D eigenvalue weighted by atomic mass is 9.88. The number of alkyl halides is 3. The van der Waals surface area contributed by atoms with Crippen LogP contribution in [-0.4, -0.2) is 75.1 Å².